The molecule has 0 atom stereocenters. The van der Waals surface area contributed by atoms with Crippen LogP contribution in [-0.4, -0.2) is 36.2 Å². The molecular weight excluding hydrogens is 477 g/mol. The van der Waals surface area contributed by atoms with Crippen LogP contribution >= 0.6 is 24.0 Å². The highest BCUT2D eigenvalue weighted by molar-refractivity contribution is 14.0. The summed E-state index contributed by atoms with van der Waals surface area (Å²) in [5.74, 6) is 1.76. The number of hydrogen-bond acceptors (Lipinski definition) is 4. The first-order valence-corrected chi connectivity index (χ1v) is 10.4. The Kier molecular flexibility index (Phi) is 11.9. The topological polar surface area (TPSA) is 65.7 Å². The Morgan fingerprint density at radius 1 is 1.10 bits per heavy atom. The maximum Gasteiger partial charge on any atom is 0.191 e. The average Bonchev–Trinajstić information content (AvgIpc) is 3.12. The molecule has 0 amide bonds. The van der Waals surface area contributed by atoms with E-state index in [1.54, 1.807) is 0 Å². The first kappa shape index (κ1) is 25.4. The highest BCUT2D eigenvalue weighted by atomic mass is 127. The normalized spacial score (nSPS) is 11.4. The zero-order valence-corrected chi connectivity index (χ0v) is 20.7. The van der Waals surface area contributed by atoms with E-state index in [2.05, 4.69) is 79.7 Å². The molecule has 0 saturated heterocycles. The number of benzene rings is 1. The molecule has 0 aliphatic heterocycles. The van der Waals surface area contributed by atoms with E-state index < -0.39 is 0 Å². The number of halogens is 1. The summed E-state index contributed by atoms with van der Waals surface area (Å²) in [5, 5.41) is 10.9. The molecule has 0 saturated carbocycles. The smallest absolute Gasteiger partial charge is 0.191 e. The molecule has 6 nitrogen and oxygen atoms in total. The maximum atomic E-state index is 5.46. The lowest BCUT2D eigenvalue weighted by Crippen LogP contribution is -2.37. The average molecular weight is 513 g/mol. The molecule has 1 aromatic carbocycles. The first-order valence-electron chi connectivity index (χ1n) is 10.4. The van der Waals surface area contributed by atoms with E-state index in [1.165, 1.54) is 11.1 Å². The van der Waals surface area contributed by atoms with Crippen molar-refractivity contribution >= 4 is 29.9 Å². The van der Waals surface area contributed by atoms with Gasteiger partial charge in [-0.2, -0.15) is 0 Å². The lowest BCUT2D eigenvalue weighted by atomic mass is 10.1. The Balaban J connectivity index is 0.00000420. The molecule has 0 fully saturated rings. The zero-order chi connectivity index (χ0) is 20.4. The van der Waals surface area contributed by atoms with Crippen molar-refractivity contribution in [3.63, 3.8) is 0 Å². The van der Waals surface area contributed by atoms with Crippen molar-refractivity contribution in [3.05, 3.63) is 52.4 Å². The molecule has 1 heterocycles. The van der Waals surface area contributed by atoms with Gasteiger partial charge < -0.3 is 20.1 Å². The number of aryl methyl sites for hydroxylation is 2. The summed E-state index contributed by atoms with van der Waals surface area (Å²) in [6.45, 7) is 12.6. The first-order chi connectivity index (χ1) is 13.6. The van der Waals surface area contributed by atoms with Gasteiger partial charge in [0.2, 0.25) is 0 Å². The molecule has 0 radical (unpaired) electrons. The van der Waals surface area contributed by atoms with Gasteiger partial charge in [-0.1, -0.05) is 50.2 Å². The van der Waals surface area contributed by atoms with Crippen molar-refractivity contribution in [2.24, 2.45) is 4.99 Å². The Morgan fingerprint density at radius 2 is 1.86 bits per heavy atom. The second kappa shape index (κ2) is 13.6. The SMILES string of the molecule is CCNC(=NCc1cccc(CN(C)CC)c1)NCc1c(CC)noc1CC.I. The van der Waals surface area contributed by atoms with Crippen LogP contribution in [0.3, 0.4) is 0 Å². The molecule has 2 rings (SSSR count). The van der Waals surface area contributed by atoms with Crippen LogP contribution < -0.4 is 10.6 Å². The summed E-state index contributed by atoms with van der Waals surface area (Å²) < 4.78 is 5.46. The van der Waals surface area contributed by atoms with Crippen LogP contribution in [0.5, 0.6) is 0 Å². The summed E-state index contributed by atoms with van der Waals surface area (Å²) in [6, 6.07) is 8.66. The predicted octanol–water partition coefficient (Wildman–Crippen LogP) is 4.12. The van der Waals surface area contributed by atoms with Crippen LogP contribution in [0, 0.1) is 0 Å². The number of nitrogens with zero attached hydrogens (tertiary/aromatic N) is 3. The lowest BCUT2D eigenvalue weighted by Gasteiger charge is -2.14. The molecule has 2 aromatic rings. The van der Waals surface area contributed by atoms with Gasteiger partial charge in [0.25, 0.3) is 0 Å². The summed E-state index contributed by atoms with van der Waals surface area (Å²) in [6.07, 6.45) is 1.71. The van der Waals surface area contributed by atoms with Crippen LogP contribution in [0.15, 0.2) is 33.8 Å². The molecule has 0 aliphatic carbocycles. The number of aliphatic imine (C=N–C) groups is 1. The maximum absolute atomic E-state index is 5.46. The Labute approximate surface area is 192 Å². The standard InChI is InChI=1S/C22H35N5O.HI/c1-6-20-19(21(7-2)28-26-20)15-25-22(23-8-3)24-14-17-11-10-12-18(13-17)16-27(5)9-4;/h10-13H,6-9,14-16H2,1-5H3,(H2,23,24,25);1H. The largest absolute Gasteiger partial charge is 0.361 e. The van der Waals surface area contributed by atoms with Crippen LogP contribution in [-0.2, 0) is 32.5 Å². The van der Waals surface area contributed by atoms with E-state index in [-0.39, 0.29) is 24.0 Å². The third kappa shape index (κ3) is 7.97. The van der Waals surface area contributed by atoms with Crippen LogP contribution in [0.4, 0.5) is 0 Å². The highest BCUT2D eigenvalue weighted by Crippen LogP contribution is 2.15. The van der Waals surface area contributed by atoms with Gasteiger partial charge in [-0.25, -0.2) is 4.99 Å². The molecule has 0 bridgehead atoms. The van der Waals surface area contributed by atoms with Crippen LogP contribution in [0.25, 0.3) is 0 Å². The van der Waals surface area contributed by atoms with E-state index in [9.17, 15) is 0 Å². The van der Waals surface area contributed by atoms with Gasteiger partial charge in [0.15, 0.2) is 5.96 Å². The van der Waals surface area contributed by atoms with Gasteiger partial charge in [-0.3, -0.25) is 0 Å². The summed E-state index contributed by atoms with van der Waals surface area (Å²) in [4.78, 5) is 7.06. The molecule has 29 heavy (non-hydrogen) atoms. The number of aromatic nitrogens is 1. The molecule has 7 heteroatoms. The highest BCUT2D eigenvalue weighted by Gasteiger charge is 2.13. The Hall–Kier alpha value is -1.61. The molecule has 2 N–H and O–H groups in total. The Morgan fingerprint density at radius 3 is 2.52 bits per heavy atom. The quantitative estimate of drug-likeness (QED) is 0.284. The Bertz CT molecular complexity index is 738. The molecule has 162 valence electrons. The van der Waals surface area contributed by atoms with Crippen molar-refractivity contribution in [1.82, 2.24) is 20.7 Å². The fraction of sp³-hybridized carbons (Fsp3) is 0.545. The van der Waals surface area contributed by atoms with Gasteiger partial charge in [-0.05, 0) is 38.1 Å². The van der Waals surface area contributed by atoms with E-state index >= 15 is 0 Å². The molecule has 0 unspecified atom stereocenters. The van der Waals surface area contributed by atoms with Crippen molar-refractivity contribution in [2.45, 2.75) is 60.2 Å². The lowest BCUT2D eigenvalue weighted by molar-refractivity contribution is 0.345. The summed E-state index contributed by atoms with van der Waals surface area (Å²) in [7, 11) is 2.14. The van der Waals surface area contributed by atoms with Crippen molar-refractivity contribution in [1.29, 1.82) is 0 Å². The van der Waals surface area contributed by atoms with Gasteiger partial charge in [0.05, 0.1) is 12.2 Å². The van der Waals surface area contributed by atoms with Gasteiger partial charge in [-0.15, -0.1) is 24.0 Å². The third-order valence-corrected chi connectivity index (χ3v) is 4.79. The second-order valence-electron chi connectivity index (χ2n) is 6.94. The predicted molar refractivity (Wildman–Crippen MR) is 131 cm³/mol. The van der Waals surface area contributed by atoms with E-state index in [0.29, 0.717) is 13.1 Å². The van der Waals surface area contributed by atoms with Gasteiger partial charge >= 0.3 is 0 Å². The third-order valence-electron chi connectivity index (χ3n) is 4.79. The van der Waals surface area contributed by atoms with Crippen molar-refractivity contribution < 1.29 is 4.52 Å². The number of hydrogen-bond donors (Lipinski definition) is 2. The molecule has 0 spiro atoms. The molecular formula is C22H36IN5O. The van der Waals surface area contributed by atoms with E-state index in [1.807, 2.05) is 0 Å². The summed E-state index contributed by atoms with van der Waals surface area (Å²) >= 11 is 0. The van der Waals surface area contributed by atoms with Crippen molar-refractivity contribution in [2.75, 3.05) is 20.1 Å². The fourth-order valence-electron chi connectivity index (χ4n) is 3.07. The summed E-state index contributed by atoms with van der Waals surface area (Å²) in [5.41, 5.74) is 4.71. The monoisotopic (exact) mass is 513 g/mol. The minimum Gasteiger partial charge on any atom is -0.361 e. The van der Waals surface area contributed by atoms with E-state index in [4.69, 9.17) is 9.52 Å². The molecule has 1 aromatic heterocycles. The van der Waals surface area contributed by atoms with Crippen LogP contribution in [0.2, 0.25) is 0 Å². The van der Waals surface area contributed by atoms with Gasteiger partial charge in [0.1, 0.15) is 5.76 Å². The van der Waals surface area contributed by atoms with Gasteiger partial charge in [0, 0.05) is 31.6 Å². The number of nitrogens with one attached hydrogen (secondary N) is 2. The zero-order valence-electron chi connectivity index (χ0n) is 18.4. The minimum absolute atomic E-state index is 0. The number of guanidine groups is 1. The molecule has 0 aliphatic rings. The fourth-order valence-corrected chi connectivity index (χ4v) is 3.07. The number of rotatable bonds is 10. The second-order valence-corrected chi connectivity index (χ2v) is 6.94. The minimum atomic E-state index is 0. The van der Waals surface area contributed by atoms with Crippen LogP contribution in [0.1, 0.15) is 55.8 Å². The van der Waals surface area contributed by atoms with E-state index in [0.717, 1.165) is 55.5 Å². The van der Waals surface area contributed by atoms with Crippen molar-refractivity contribution in [3.8, 4) is 0 Å².